The Morgan fingerprint density at radius 3 is 2.28 bits per heavy atom. The summed E-state index contributed by atoms with van der Waals surface area (Å²) in [7, 11) is 0. The number of carboxylic acids is 1. The van der Waals surface area contributed by atoms with Crippen LogP contribution in [-0.4, -0.2) is 16.9 Å². The van der Waals surface area contributed by atoms with Crippen molar-refractivity contribution >= 4 is 11.8 Å². The van der Waals surface area contributed by atoms with Crippen LogP contribution in [0.25, 0.3) is 0 Å². The minimum absolute atomic E-state index is 0.0835. The third-order valence-electron chi connectivity index (χ3n) is 2.52. The van der Waals surface area contributed by atoms with Gasteiger partial charge >= 0.3 is 5.97 Å². The number of carbonyl (C=O) groups excluding carboxylic acids is 1. The van der Waals surface area contributed by atoms with Gasteiger partial charge in [0.25, 0.3) is 0 Å². The highest BCUT2D eigenvalue weighted by molar-refractivity contribution is 6.08. The number of rotatable bonds is 4. The third kappa shape index (κ3) is 2.83. The first-order chi connectivity index (χ1) is 8.66. The van der Waals surface area contributed by atoms with Crippen molar-refractivity contribution in [1.29, 1.82) is 0 Å². The van der Waals surface area contributed by atoms with Crippen molar-refractivity contribution in [1.82, 2.24) is 0 Å². The predicted octanol–water partition coefficient (Wildman–Crippen LogP) is 2.34. The molecule has 1 N–H and O–H groups in total. The summed E-state index contributed by atoms with van der Waals surface area (Å²) < 4.78 is 0. The topological polar surface area (TPSA) is 54.4 Å². The zero-order valence-electron chi connectivity index (χ0n) is 9.59. The molecule has 0 aliphatic carbocycles. The van der Waals surface area contributed by atoms with Crippen molar-refractivity contribution in [2.24, 2.45) is 0 Å². The van der Waals surface area contributed by atoms with Crippen LogP contribution in [0.4, 0.5) is 0 Å². The number of aliphatic carboxylic acids is 1. The SMILES string of the molecule is O=C(O)Cc1[c]cc(C(=O)c2ccccc2)cc1. The molecule has 18 heavy (non-hydrogen) atoms. The highest BCUT2D eigenvalue weighted by atomic mass is 16.4. The molecule has 0 atom stereocenters. The van der Waals surface area contributed by atoms with Gasteiger partial charge in [0.1, 0.15) is 0 Å². The van der Waals surface area contributed by atoms with Gasteiger partial charge < -0.3 is 5.11 Å². The lowest BCUT2D eigenvalue weighted by Gasteiger charge is -2.02. The standard InChI is InChI=1S/C15H11O3/c16-14(17)10-11-6-8-13(9-7-11)15(18)12-4-2-1-3-5-12/h1-6,8-9H,10H2,(H,16,17). The summed E-state index contributed by atoms with van der Waals surface area (Å²) in [5.74, 6) is -0.998. The quantitative estimate of drug-likeness (QED) is 0.833. The maximum absolute atomic E-state index is 12.0. The molecule has 0 heterocycles. The van der Waals surface area contributed by atoms with Gasteiger partial charge in [0, 0.05) is 11.1 Å². The second kappa shape index (κ2) is 5.27. The molecule has 0 fully saturated rings. The minimum Gasteiger partial charge on any atom is -0.481 e. The molecule has 0 bridgehead atoms. The molecule has 0 saturated heterocycles. The average molecular weight is 239 g/mol. The zero-order chi connectivity index (χ0) is 13.0. The smallest absolute Gasteiger partial charge is 0.307 e. The molecule has 0 amide bonds. The van der Waals surface area contributed by atoms with Gasteiger partial charge in [-0.2, -0.15) is 0 Å². The van der Waals surface area contributed by atoms with E-state index in [4.69, 9.17) is 5.11 Å². The largest absolute Gasteiger partial charge is 0.481 e. The second-order valence-electron chi connectivity index (χ2n) is 3.87. The van der Waals surface area contributed by atoms with Gasteiger partial charge in [-0.05, 0) is 17.7 Å². The second-order valence-corrected chi connectivity index (χ2v) is 3.87. The van der Waals surface area contributed by atoms with E-state index >= 15 is 0 Å². The lowest BCUT2D eigenvalue weighted by atomic mass is 10.0. The molecule has 0 spiro atoms. The molecule has 3 heteroatoms. The van der Waals surface area contributed by atoms with E-state index < -0.39 is 5.97 Å². The monoisotopic (exact) mass is 239 g/mol. The summed E-state index contributed by atoms with van der Waals surface area (Å²) in [6, 6.07) is 16.5. The molecule has 3 nitrogen and oxygen atoms in total. The average Bonchev–Trinajstić information content (AvgIpc) is 2.39. The number of carbonyl (C=O) groups is 2. The van der Waals surface area contributed by atoms with E-state index in [2.05, 4.69) is 6.07 Å². The number of hydrogen-bond acceptors (Lipinski definition) is 2. The van der Waals surface area contributed by atoms with E-state index in [0.717, 1.165) is 0 Å². The summed E-state index contributed by atoms with van der Waals surface area (Å²) >= 11 is 0. The van der Waals surface area contributed by atoms with Crippen molar-refractivity contribution in [3.63, 3.8) is 0 Å². The zero-order valence-corrected chi connectivity index (χ0v) is 9.59. The van der Waals surface area contributed by atoms with Gasteiger partial charge in [-0.1, -0.05) is 42.5 Å². The molecule has 0 aliphatic heterocycles. The first kappa shape index (κ1) is 12.0. The molecular weight excluding hydrogens is 228 g/mol. The number of carboxylic acid groups (broad SMARTS) is 1. The first-order valence-electron chi connectivity index (χ1n) is 5.49. The molecule has 2 rings (SSSR count). The number of ketones is 1. The Morgan fingerprint density at radius 2 is 1.72 bits per heavy atom. The van der Waals surface area contributed by atoms with E-state index in [-0.39, 0.29) is 12.2 Å². The lowest BCUT2D eigenvalue weighted by molar-refractivity contribution is -0.136. The van der Waals surface area contributed by atoms with Gasteiger partial charge in [-0.25, -0.2) is 0 Å². The van der Waals surface area contributed by atoms with Crippen molar-refractivity contribution in [2.75, 3.05) is 0 Å². The Hall–Kier alpha value is -2.42. The van der Waals surface area contributed by atoms with E-state index in [1.807, 2.05) is 6.07 Å². The Bertz CT molecular complexity index is 556. The molecule has 2 aromatic rings. The Labute approximate surface area is 105 Å². The third-order valence-corrected chi connectivity index (χ3v) is 2.52. The van der Waals surface area contributed by atoms with Crippen LogP contribution in [0.3, 0.4) is 0 Å². The molecule has 0 aliphatic rings. The van der Waals surface area contributed by atoms with Crippen molar-refractivity contribution in [3.8, 4) is 0 Å². The fourth-order valence-electron chi connectivity index (χ4n) is 1.63. The highest BCUT2D eigenvalue weighted by Crippen LogP contribution is 2.11. The van der Waals surface area contributed by atoms with Gasteiger partial charge in [0.15, 0.2) is 5.78 Å². The summed E-state index contributed by atoms with van der Waals surface area (Å²) in [6.07, 6.45) is -0.0835. The predicted molar refractivity (Wildman–Crippen MR) is 66.5 cm³/mol. The Kier molecular flexibility index (Phi) is 3.53. The number of benzene rings is 2. The fourth-order valence-corrected chi connectivity index (χ4v) is 1.63. The van der Waals surface area contributed by atoms with Gasteiger partial charge in [0.05, 0.1) is 6.42 Å². The molecular formula is C15H11O3. The van der Waals surface area contributed by atoms with Crippen LogP contribution in [0.1, 0.15) is 21.5 Å². The van der Waals surface area contributed by atoms with Gasteiger partial charge in [-0.15, -0.1) is 0 Å². The fraction of sp³-hybridized carbons (Fsp3) is 0.0667. The minimum atomic E-state index is -0.909. The molecule has 1 radical (unpaired) electrons. The van der Waals surface area contributed by atoms with E-state index in [0.29, 0.717) is 16.7 Å². The van der Waals surface area contributed by atoms with Crippen LogP contribution in [0.2, 0.25) is 0 Å². The summed E-state index contributed by atoms with van der Waals surface area (Å²) in [6.45, 7) is 0. The van der Waals surface area contributed by atoms with E-state index in [9.17, 15) is 9.59 Å². The van der Waals surface area contributed by atoms with Crippen molar-refractivity contribution in [3.05, 3.63) is 71.3 Å². The van der Waals surface area contributed by atoms with Crippen molar-refractivity contribution < 1.29 is 14.7 Å². The number of hydrogen-bond donors (Lipinski definition) is 1. The normalized spacial score (nSPS) is 10.0. The summed E-state index contributed by atoms with van der Waals surface area (Å²) in [4.78, 5) is 22.6. The van der Waals surface area contributed by atoms with Crippen LogP contribution in [-0.2, 0) is 11.2 Å². The molecule has 2 aromatic carbocycles. The van der Waals surface area contributed by atoms with Crippen LogP contribution in [0.15, 0.2) is 48.5 Å². The van der Waals surface area contributed by atoms with Crippen LogP contribution >= 0.6 is 0 Å². The van der Waals surface area contributed by atoms with Crippen LogP contribution in [0, 0.1) is 6.07 Å². The molecule has 0 aromatic heterocycles. The maximum atomic E-state index is 12.0. The molecule has 0 saturated carbocycles. The van der Waals surface area contributed by atoms with Crippen LogP contribution in [0.5, 0.6) is 0 Å². The summed E-state index contributed by atoms with van der Waals surface area (Å²) in [5, 5.41) is 8.64. The highest BCUT2D eigenvalue weighted by Gasteiger charge is 2.08. The molecule has 89 valence electrons. The van der Waals surface area contributed by atoms with E-state index in [1.54, 1.807) is 36.4 Å². The lowest BCUT2D eigenvalue weighted by Crippen LogP contribution is -2.03. The maximum Gasteiger partial charge on any atom is 0.307 e. The van der Waals surface area contributed by atoms with Gasteiger partial charge in [0.2, 0.25) is 0 Å². The van der Waals surface area contributed by atoms with Crippen molar-refractivity contribution in [2.45, 2.75) is 6.42 Å². The van der Waals surface area contributed by atoms with E-state index in [1.165, 1.54) is 6.07 Å². The summed E-state index contributed by atoms with van der Waals surface area (Å²) in [5.41, 5.74) is 1.68. The molecule has 0 unspecified atom stereocenters. The van der Waals surface area contributed by atoms with Gasteiger partial charge in [-0.3, -0.25) is 9.59 Å². The Morgan fingerprint density at radius 1 is 1.00 bits per heavy atom. The van der Waals surface area contributed by atoms with Crippen LogP contribution < -0.4 is 0 Å². The first-order valence-corrected chi connectivity index (χ1v) is 5.49. The Balaban J connectivity index is 2.20.